The average molecular weight is 308 g/mol. The molecule has 0 radical (unpaired) electrons. The van der Waals surface area contributed by atoms with Crippen LogP contribution in [0, 0.1) is 11.8 Å². The van der Waals surface area contributed by atoms with Crippen molar-refractivity contribution in [1.82, 2.24) is 10.2 Å². The lowest BCUT2D eigenvalue weighted by atomic mass is 9.80. The van der Waals surface area contributed by atoms with Crippen LogP contribution in [0.3, 0.4) is 0 Å². The summed E-state index contributed by atoms with van der Waals surface area (Å²) >= 11 is 0. The Labute approximate surface area is 132 Å². The summed E-state index contributed by atoms with van der Waals surface area (Å²) in [6.07, 6.45) is 7.25. The van der Waals surface area contributed by atoms with E-state index in [2.05, 4.69) is 5.32 Å². The molecule has 1 saturated carbocycles. The molecule has 3 aliphatic rings. The number of amides is 2. The second kappa shape index (κ2) is 6.57. The molecule has 0 bridgehead atoms. The zero-order valence-electron chi connectivity index (χ0n) is 13.5. The van der Waals surface area contributed by atoms with Gasteiger partial charge >= 0.3 is 0 Å². The maximum atomic E-state index is 12.9. The summed E-state index contributed by atoms with van der Waals surface area (Å²) in [6, 6.07) is 0.180. The van der Waals surface area contributed by atoms with Crippen molar-refractivity contribution in [2.24, 2.45) is 11.8 Å². The predicted molar refractivity (Wildman–Crippen MR) is 83.0 cm³/mol. The van der Waals surface area contributed by atoms with E-state index in [1.54, 1.807) is 0 Å². The van der Waals surface area contributed by atoms with Gasteiger partial charge in [0.15, 0.2) is 0 Å². The molecule has 5 heteroatoms. The number of rotatable bonds is 3. The molecule has 0 spiro atoms. The highest BCUT2D eigenvalue weighted by atomic mass is 16.3. The third kappa shape index (κ3) is 3.00. The van der Waals surface area contributed by atoms with Gasteiger partial charge in [-0.05, 0) is 32.1 Å². The lowest BCUT2D eigenvalue weighted by molar-refractivity contribution is -0.139. The minimum Gasteiger partial charge on any atom is -0.393 e. The van der Waals surface area contributed by atoms with E-state index in [-0.39, 0.29) is 41.8 Å². The molecule has 22 heavy (non-hydrogen) atoms. The third-order valence-electron chi connectivity index (χ3n) is 5.88. The smallest absolute Gasteiger partial charge is 0.227 e. The van der Waals surface area contributed by atoms with Crippen LogP contribution < -0.4 is 5.32 Å². The molecule has 2 amide bonds. The number of likely N-dealkylation sites (tertiary alicyclic amines) is 1. The first-order chi connectivity index (χ1) is 10.6. The van der Waals surface area contributed by atoms with Gasteiger partial charge in [-0.1, -0.05) is 19.8 Å². The van der Waals surface area contributed by atoms with Crippen LogP contribution in [-0.4, -0.2) is 46.6 Å². The molecule has 2 heterocycles. The van der Waals surface area contributed by atoms with Gasteiger partial charge in [0.05, 0.1) is 12.0 Å². The standard InChI is InChI=1S/C17H28N2O3/c1-11(13-8-9-16(21)18-13)17(22)19-10-4-6-14(19)12-5-2-3-7-15(12)20/h11-15,20H,2-10H2,1H3,(H,18,21). The Bertz CT molecular complexity index is 440. The monoisotopic (exact) mass is 308 g/mol. The highest BCUT2D eigenvalue weighted by molar-refractivity contribution is 5.83. The van der Waals surface area contributed by atoms with E-state index >= 15 is 0 Å². The number of carbonyl (C=O) groups excluding carboxylic acids is 2. The molecular weight excluding hydrogens is 280 g/mol. The Hall–Kier alpha value is -1.10. The van der Waals surface area contributed by atoms with Gasteiger partial charge in [0, 0.05) is 31.0 Å². The first kappa shape index (κ1) is 15.8. The lowest BCUT2D eigenvalue weighted by Gasteiger charge is -2.38. The first-order valence-electron chi connectivity index (χ1n) is 8.86. The second-order valence-corrected chi connectivity index (χ2v) is 7.26. The van der Waals surface area contributed by atoms with Crippen molar-refractivity contribution in [2.45, 2.75) is 76.5 Å². The number of aliphatic hydroxyl groups is 1. The summed E-state index contributed by atoms with van der Waals surface area (Å²) in [5, 5.41) is 13.2. The Morgan fingerprint density at radius 2 is 2.00 bits per heavy atom. The highest BCUT2D eigenvalue weighted by Crippen LogP contribution is 2.35. The summed E-state index contributed by atoms with van der Waals surface area (Å²) in [6.45, 7) is 2.74. The summed E-state index contributed by atoms with van der Waals surface area (Å²) in [5.74, 6) is 0.302. The summed E-state index contributed by atoms with van der Waals surface area (Å²) in [7, 11) is 0. The molecule has 0 aromatic heterocycles. The Kier molecular flexibility index (Phi) is 4.71. The van der Waals surface area contributed by atoms with Crippen molar-refractivity contribution in [3.8, 4) is 0 Å². The van der Waals surface area contributed by atoms with Crippen LogP contribution in [0.1, 0.15) is 58.3 Å². The largest absolute Gasteiger partial charge is 0.393 e. The minimum absolute atomic E-state index is 0.0162. The van der Waals surface area contributed by atoms with E-state index in [9.17, 15) is 14.7 Å². The molecule has 5 unspecified atom stereocenters. The van der Waals surface area contributed by atoms with Gasteiger partial charge in [-0.2, -0.15) is 0 Å². The van der Waals surface area contributed by atoms with Crippen molar-refractivity contribution >= 4 is 11.8 Å². The Morgan fingerprint density at radius 1 is 1.23 bits per heavy atom. The molecule has 124 valence electrons. The normalized spacial score (nSPS) is 37.2. The third-order valence-corrected chi connectivity index (χ3v) is 5.88. The van der Waals surface area contributed by atoms with Crippen molar-refractivity contribution in [2.75, 3.05) is 6.54 Å². The Morgan fingerprint density at radius 3 is 2.68 bits per heavy atom. The van der Waals surface area contributed by atoms with Crippen LogP contribution in [0.15, 0.2) is 0 Å². The van der Waals surface area contributed by atoms with Crippen molar-refractivity contribution in [3.05, 3.63) is 0 Å². The van der Waals surface area contributed by atoms with Crippen LogP contribution in [-0.2, 0) is 9.59 Å². The molecule has 2 saturated heterocycles. The van der Waals surface area contributed by atoms with Crippen molar-refractivity contribution in [1.29, 1.82) is 0 Å². The minimum atomic E-state index is -0.256. The van der Waals surface area contributed by atoms with Crippen molar-refractivity contribution < 1.29 is 14.7 Å². The molecule has 1 aliphatic carbocycles. The van der Waals surface area contributed by atoms with Crippen LogP contribution >= 0.6 is 0 Å². The predicted octanol–water partition coefficient (Wildman–Crippen LogP) is 1.44. The van der Waals surface area contributed by atoms with Crippen LogP contribution in [0.5, 0.6) is 0 Å². The highest BCUT2D eigenvalue weighted by Gasteiger charge is 2.41. The molecule has 3 fully saturated rings. The second-order valence-electron chi connectivity index (χ2n) is 7.26. The molecule has 5 atom stereocenters. The van der Waals surface area contributed by atoms with E-state index in [1.165, 1.54) is 0 Å². The van der Waals surface area contributed by atoms with E-state index < -0.39 is 0 Å². The SMILES string of the molecule is CC(C(=O)N1CCCC1C1CCCCC1O)C1CCC(=O)N1. The van der Waals surface area contributed by atoms with E-state index in [4.69, 9.17) is 0 Å². The van der Waals surface area contributed by atoms with Gasteiger partial charge < -0.3 is 15.3 Å². The van der Waals surface area contributed by atoms with Gasteiger partial charge in [0.1, 0.15) is 0 Å². The fourth-order valence-corrected chi connectivity index (χ4v) is 4.55. The van der Waals surface area contributed by atoms with Gasteiger partial charge in [-0.3, -0.25) is 9.59 Å². The quantitative estimate of drug-likeness (QED) is 0.829. The molecule has 0 aromatic rings. The average Bonchev–Trinajstić information content (AvgIpc) is 3.15. The summed E-state index contributed by atoms with van der Waals surface area (Å²) in [5.41, 5.74) is 0. The zero-order valence-corrected chi connectivity index (χ0v) is 13.5. The number of nitrogens with one attached hydrogen (secondary N) is 1. The van der Waals surface area contributed by atoms with Gasteiger partial charge in [-0.15, -0.1) is 0 Å². The molecule has 3 rings (SSSR count). The molecule has 2 aliphatic heterocycles. The van der Waals surface area contributed by atoms with Gasteiger partial charge in [-0.25, -0.2) is 0 Å². The summed E-state index contributed by atoms with van der Waals surface area (Å²) in [4.78, 5) is 26.3. The zero-order chi connectivity index (χ0) is 15.7. The number of hydrogen-bond donors (Lipinski definition) is 2. The van der Waals surface area contributed by atoms with Gasteiger partial charge in [0.2, 0.25) is 11.8 Å². The van der Waals surface area contributed by atoms with E-state index in [0.29, 0.717) is 6.42 Å². The number of hydrogen-bond acceptors (Lipinski definition) is 3. The van der Waals surface area contributed by atoms with Crippen LogP contribution in [0.25, 0.3) is 0 Å². The molecular formula is C17H28N2O3. The Balaban J connectivity index is 1.66. The number of aliphatic hydroxyl groups excluding tert-OH is 1. The fourth-order valence-electron chi connectivity index (χ4n) is 4.55. The first-order valence-corrected chi connectivity index (χ1v) is 8.86. The van der Waals surface area contributed by atoms with Gasteiger partial charge in [0.25, 0.3) is 0 Å². The molecule has 0 aromatic carbocycles. The van der Waals surface area contributed by atoms with Crippen molar-refractivity contribution in [3.63, 3.8) is 0 Å². The molecule has 5 nitrogen and oxygen atoms in total. The topological polar surface area (TPSA) is 69.6 Å². The molecule has 2 N–H and O–H groups in total. The number of nitrogens with zero attached hydrogens (tertiary/aromatic N) is 1. The maximum absolute atomic E-state index is 12.9. The van der Waals surface area contributed by atoms with E-state index in [1.807, 2.05) is 11.8 Å². The summed E-state index contributed by atoms with van der Waals surface area (Å²) < 4.78 is 0. The maximum Gasteiger partial charge on any atom is 0.227 e. The lowest BCUT2D eigenvalue weighted by Crippen LogP contribution is -2.49. The van der Waals surface area contributed by atoms with Crippen LogP contribution in [0.4, 0.5) is 0 Å². The fraction of sp³-hybridized carbons (Fsp3) is 0.882. The number of carbonyl (C=O) groups is 2. The van der Waals surface area contributed by atoms with E-state index in [0.717, 1.165) is 51.5 Å². The van der Waals surface area contributed by atoms with Crippen LogP contribution in [0.2, 0.25) is 0 Å².